The molecule has 4 rings (SSSR count). The molecule has 0 aliphatic carbocycles. The fraction of sp³-hybridized carbons (Fsp3) is 0.296. The van der Waals surface area contributed by atoms with Gasteiger partial charge in [0.2, 0.25) is 0 Å². The second kappa shape index (κ2) is 10.7. The number of aryl methyl sites for hydroxylation is 1. The van der Waals surface area contributed by atoms with Crippen molar-refractivity contribution in [2.45, 2.75) is 26.3 Å². The maximum atomic E-state index is 13.0. The van der Waals surface area contributed by atoms with Crippen LogP contribution in [0.25, 0.3) is 0 Å². The first-order chi connectivity index (χ1) is 16.7. The summed E-state index contributed by atoms with van der Waals surface area (Å²) in [6.07, 6.45) is -4.35. The van der Waals surface area contributed by atoms with Crippen molar-refractivity contribution in [3.05, 3.63) is 99.6 Å². The van der Waals surface area contributed by atoms with Gasteiger partial charge in [-0.15, -0.1) is 0 Å². The number of ether oxygens (including phenoxy) is 1. The molecule has 0 spiro atoms. The van der Waals surface area contributed by atoms with Crippen molar-refractivity contribution in [2.24, 2.45) is 0 Å². The van der Waals surface area contributed by atoms with Gasteiger partial charge in [-0.05, 0) is 53.9 Å². The van der Waals surface area contributed by atoms with Crippen LogP contribution in [0.3, 0.4) is 0 Å². The van der Waals surface area contributed by atoms with Crippen molar-refractivity contribution in [1.29, 1.82) is 0 Å². The smallest absolute Gasteiger partial charge is 0.416 e. The van der Waals surface area contributed by atoms with E-state index in [1.165, 1.54) is 12.1 Å². The molecule has 0 radical (unpaired) electrons. The summed E-state index contributed by atoms with van der Waals surface area (Å²) in [5.74, 6) is 0.563. The Balaban J connectivity index is 1.29. The lowest BCUT2D eigenvalue weighted by Crippen LogP contribution is -2.48. The molecule has 4 nitrogen and oxygen atoms in total. The summed E-state index contributed by atoms with van der Waals surface area (Å²) in [6, 6.07) is 18.3. The molecule has 0 atom stereocenters. The van der Waals surface area contributed by atoms with Crippen molar-refractivity contribution in [1.82, 2.24) is 9.80 Å². The first kappa shape index (κ1) is 25.1. The Morgan fingerprint density at radius 1 is 0.943 bits per heavy atom. The number of carbonyl (C=O) groups excluding carboxylic acids is 1. The first-order valence-corrected chi connectivity index (χ1v) is 11.7. The van der Waals surface area contributed by atoms with E-state index in [1.807, 2.05) is 31.2 Å². The molecule has 8 heteroatoms. The van der Waals surface area contributed by atoms with Crippen molar-refractivity contribution < 1.29 is 22.7 Å². The van der Waals surface area contributed by atoms with Gasteiger partial charge < -0.3 is 9.64 Å². The second-order valence-corrected chi connectivity index (χ2v) is 9.09. The van der Waals surface area contributed by atoms with E-state index < -0.39 is 11.7 Å². The zero-order valence-electron chi connectivity index (χ0n) is 19.3. The third-order valence-electron chi connectivity index (χ3n) is 6.00. The Hall–Kier alpha value is -3.03. The molecule has 0 aromatic heterocycles. The molecular weight excluding hydrogens is 477 g/mol. The van der Waals surface area contributed by atoms with Crippen LogP contribution in [0, 0.1) is 6.92 Å². The zero-order chi connectivity index (χ0) is 25.0. The summed E-state index contributed by atoms with van der Waals surface area (Å²) in [5, 5.41) is 0.551. The molecule has 35 heavy (non-hydrogen) atoms. The minimum absolute atomic E-state index is 0.0575. The molecule has 1 aliphatic heterocycles. The van der Waals surface area contributed by atoms with Crippen LogP contribution in [0.4, 0.5) is 13.2 Å². The zero-order valence-corrected chi connectivity index (χ0v) is 20.1. The fourth-order valence-corrected chi connectivity index (χ4v) is 4.19. The summed E-state index contributed by atoms with van der Waals surface area (Å²) in [5.41, 5.74) is 2.54. The van der Waals surface area contributed by atoms with Crippen molar-refractivity contribution in [2.75, 3.05) is 26.2 Å². The first-order valence-electron chi connectivity index (χ1n) is 11.3. The van der Waals surface area contributed by atoms with Gasteiger partial charge in [0.1, 0.15) is 12.4 Å². The Morgan fingerprint density at radius 3 is 2.34 bits per heavy atom. The number of hydrogen-bond donors (Lipinski definition) is 0. The molecule has 3 aromatic rings. The quantitative estimate of drug-likeness (QED) is 0.402. The minimum Gasteiger partial charge on any atom is -0.487 e. The molecule has 0 bridgehead atoms. The maximum absolute atomic E-state index is 13.0. The Kier molecular flexibility index (Phi) is 7.67. The molecule has 0 N–H and O–H groups in total. The van der Waals surface area contributed by atoms with Crippen LogP contribution >= 0.6 is 11.6 Å². The summed E-state index contributed by atoms with van der Waals surface area (Å²) >= 11 is 6.17. The lowest BCUT2D eigenvalue weighted by molar-refractivity contribution is -0.137. The predicted octanol–water partition coefficient (Wildman–Crippen LogP) is 6.20. The molecule has 1 heterocycles. The highest BCUT2D eigenvalue weighted by Crippen LogP contribution is 2.30. The third-order valence-corrected chi connectivity index (χ3v) is 6.31. The molecule has 1 fully saturated rings. The number of halogens is 4. The fourth-order valence-electron chi connectivity index (χ4n) is 4.02. The second-order valence-electron chi connectivity index (χ2n) is 8.69. The van der Waals surface area contributed by atoms with Crippen LogP contribution < -0.4 is 4.74 Å². The summed E-state index contributed by atoms with van der Waals surface area (Å²) in [7, 11) is 0. The van der Waals surface area contributed by atoms with E-state index in [0.717, 1.165) is 17.2 Å². The number of hydrogen-bond acceptors (Lipinski definition) is 3. The number of benzene rings is 3. The molecule has 0 saturated carbocycles. The van der Waals surface area contributed by atoms with Gasteiger partial charge in [-0.3, -0.25) is 9.69 Å². The van der Waals surface area contributed by atoms with Gasteiger partial charge in [0.15, 0.2) is 0 Å². The lowest BCUT2D eigenvalue weighted by atomic mass is 10.1. The molecule has 1 aliphatic rings. The van der Waals surface area contributed by atoms with Gasteiger partial charge in [-0.2, -0.15) is 13.2 Å². The molecular formula is C27H26ClF3N2O2. The molecule has 1 saturated heterocycles. The standard InChI is InChI=1S/C27H26ClF3N2O2/c1-19-5-10-24(28)25(15-19)35-18-20-6-8-22(9-7-20)26(34)33-13-11-32(12-14-33)17-21-3-2-4-23(16-21)27(29,30)31/h2-10,15-16H,11-14,17-18H2,1H3. The number of nitrogens with zero attached hydrogens (tertiary/aromatic N) is 2. The molecule has 1 amide bonds. The van der Waals surface area contributed by atoms with E-state index in [4.69, 9.17) is 16.3 Å². The van der Waals surface area contributed by atoms with Crippen LogP contribution in [0.1, 0.15) is 32.6 Å². The Morgan fingerprint density at radius 2 is 1.66 bits per heavy atom. The van der Waals surface area contributed by atoms with E-state index in [0.29, 0.717) is 61.2 Å². The van der Waals surface area contributed by atoms with E-state index in [2.05, 4.69) is 4.90 Å². The SMILES string of the molecule is Cc1ccc(Cl)c(OCc2ccc(C(=O)N3CCN(Cc4cccc(C(F)(F)F)c4)CC3)cc2)c1. The van der Waals surface area contributed by atoms with Crippen LogP contribution in [0.5, 0.6) is 5.75 Å². The maximum Gasteiger partial charge on any atom is 0.416 e. The molecule has 0 unspecified atom stereocenters. The Labute approximate surface area is 207 Å². The minimum atomic E-state index is -4.35. The summed E-state index contributed by atoms with van der Waals surface area (Å²) < 4.78 is 44.7. The highest BCUT2D eigenvalue weighted by molar-refractivity contribution is 6.32. The number of carbonyl (C=O) groups is 1. The highest BCUT2D eigenvalue weighted by Gasteiger charge is 2.30. The average Bonchev–Trinajstić information content (AvgIpc) is 2.85. The molecule has 3 aromatic carbocycles. The van der Waals surface area contributed by atoms with Gasteiger partial charge >= 0.3 is 6.18 Å². The summed E-state index contributed by atoms with van der Waals surface area (Å²) in [4.78, 5) is 16.8. The third kappa shape index (κ3) is 6.55. The van der Waals surface area contributed by atoms with Crippen LogP contribution in [0.2, 0.25) is 5.02 Å². The lowest BCUT2D eigenvalue weighted by Gasteiger charge is -2.35. The van der Waals surface area contributed by atoms with Crippen molar-refractivity contribution in [3.63, 3.8) is 0 Å². The van der Waals surface area contributed by atoms with Crippen LogP contribution in [-0.2, 0) is 19.3 Å². The topological polar surface area (TPSA) is 32.8 Å². The van der Waals surface area contributed by atoms with Gasteiger partial charge in [0.05, 0.1) is 10.6 Å². The normalized spacial score (nSPS) is 14.7. The van der Waals surface area contributed by atoms with Gasteiger partial charge in [0.25, 0.3) is 5.91 Å². The van der Waals surface area contributed by atoms with Gasteiger partial charge in [0, 0.05) is 38.3 Å². The highest BCUT2D eigenvalue weighted by atomic mass is 35.5. The van der Waals surface area contributed by atoms with Crippen molar-refractivity contribution in [3.8, 4) is 5.75 Å². The van der Waals surface area contributed by atoms with E-state index in [9.17, 15) is 18.0 Å². The number of piperazine rings is 1. The van der Waals surface area contributed by atoms with Gasteiger partial charge in [-0.25, -0.2) is 0 Å². The van der Waals surface area contributed by atoms with E-state index in [1.54, 1.807) is 29.2 Å². The van der Waals surface area contributed by atoms with Gasteiger partial charge in [-0.1, -0.05) is 48.0 Å². The average molecular weight is 503 g/mol. The summed E-state index contributed by atoms with van der Waals surface area (Å²) in [6.45, 7) is 4.98. The number of amides is 1. The van der Waals surface area contributed by atoms with Crippen molar-refractivity contribution >= 4 is 17.5 Å². The number of rotatable bonds is 6. The predicted molar refractivity (Wildman–Crippen MR) is 130 cm³/mol. The molecule has 184 valence electrons. The Bertz CT molecular complexity index is 1170. The van der Waals surface area contributed by atoms with Crippen LogP contribution in [0.15, 0.2) is 66.7 Å². The largest absolute Gasteiger partial charge is 0.487 e. The van der Waals surface area contributed by atoms with Crippen LogP contribution in [-0.4, -0.2) is 41.9 Å². The monoisotopic (exact) mass is 502 g/mol. The van der Waals surface area contributed by atoms with E-state index in [-0.39, 0.29) is 5.91 Å². The number of alkyl halides is 3. The van der Waals surface area contributed by atoms with E-state index >= 15 is 0 Å².